The van der Waals surface area contributed by atoms with Crippen molar-refractivity contribution in [3.05, 3.63) is 70.0 Å². The molecule has 2 aromatic rings. The van der Waals surface area contributed by atoms with Gasteiger partial charge in [0.1, 0.15) is 5.75 Å². The van der Waals surface area contributed by atoms with Gasteiger partial charge >= 0.3 is 6.09 Å². The Morgan fingerprint density at radius 3 is 2.74 bits per heavy atom. The van der Waals surface area contributed by atoms with Crippen LogP contribution in [0.25, 0.3) is 11.6 Å². The van der Waals surface area contributed by atoms with E-state index in [4.69, 9.17) is 21.1 Å². The van der Waals surface area contributed by atoms with Crippen LogP contribution >= 0.6 is 11.6 Å². The Balaban J connectivity index is 1.44. The maximum Gasteiger partial charge on any atom is 0.423 e. The molecular weight excluding hydrogens is 520 g/mol. The van der Waals surface area contributed by atoms with Gasteiger partial charge in [-0.2, -0.15) is 4.90 Å². The highest BCUT2D eigenvalue weighted by molar-refractivity contribution is 6.32. The van der Waals surface area contributed by atoms with E-state index in [-0.39, 0.29) is 17.8 Å². The van der Waals surface area contributed by atoms with Crippen LogP contribution in [-0.4, -0.2) is 52.7 Å². The first-order chi connectivity index (χ1) is 18.8. The van der Waals surface area contributed by atoms with Crippen molar-refractivity contribution in [3.63, 3.8) is 0 Å². The van der Waals surface area contributed by atoms with Crippen LogP contribution in [0.1, 0.15) is 50.3 Å². The molecule has 3 amide bonds. The van der Waals surface area contributed by atoms with Gasteiger partial charge in [0.2, 0.25) is 11.8 Å². The number of ether oxygens (including phenoxy) is 2. The van der Waals surface area contributed by atoms with Crippen LogP contribution in [0.3, 0.4) is 0 Å². The largest absolute Gasteiger partial charge is 0.508 e. The predicted molar refractivity (Wildman–Crippen MR) is 145 cm³/mol. The normalized spacial score (nSPS) is 24.7. The Morgan fingerprint density at radius 2 is 2.05 bits per heavy atom. The zero-order valence-electron chi connectivity index (χ0n) is 21.9. The van der Waals surface area contributed by atoms with Gasteiger partial charge in [-0.25, -0.2) is 4.79 Å². The summed E-state index contributed by atoms with van der Waals surface area (Å²) in [6, 6.07) is 10.6. The number of hydrogen-bond donors (Lipinski definition) is 1. The number of phenolic OH excluding ortho intramolecular Hbond substituents is 1. The lowest BCUT2D eigenvalue weighted by Crippen LogP contribution is -2.38. The summed E-state index contributed by atoms with van der Waals surface area (Å²) in [5.41, 5.74) is 4.81. The number of aromatic hydroxyl groups is 1. The highest BCUT2D eigenvalue weighted by Crippen LogP contribution is 2.51. The van der Waals surface area contributed by atoms with Crippen molar-refractivity contribution in [1.82, 2.24) is 9.88 Å². The summed E-state index contributed by atoms with van der Waals surface area (Å²) in [4.78, 5) is 43.8. The van der Waals surface area contributed by atoms with Crippen molar-refractivity contribution in [3.8, 4) is 5.75 Å². The molecule has 2 fully saturated rings. The third-order valence-electron chi connectivity index (χ3n) is 7.90. The lowest BCUT2D eigenvalue weighted by Gasteiger charge is -2.31. The molecule has 9 heteroatoms. The number of hydrogen-bond acceptors (Lipinski definition) is 7. The molecular formula is C30H31ClN2O6. The smallest absolute Gasteiger partial charge is 0.423 e. The van der Waals surface area contributed by atoms with Gasteiger partial charge in [0.15, 0.2) is 0 Å². The quantitative estimate of drug-likeness (QED) is 0.351. The highest BCUT2D eigenvalue weighted by atomic mass is 35.5. The number of halogens is 1. The number of carbonyl (C=O) groups excluding carboxylic acids is 3. The summed E-state index contributed by atoms with van der Waals surface area (Å²) < 4.78 is 11.0. The predicted octanol–water partition coefficient (Wildman–Crippen LogP) is 5.64. The molecule has 1 aromatic heterocycles. The molecule has 2 aliphatic heterocycles. The fourth-order valence-electron chi connectivity index (χ4n) is 6.22. The summed E-state index contributed by atoms with van der Waals surface area (Å²) in [5, 5.41) is 10.2. The van der Waals surface area contributed by atoms with Crippen LogP contribution in [0.5, 0.6) is 5.75 Å². The van der Waals surface area contributed by atoms with Crippen LogP contribution in [0.2, 0.25) is 5.02 Å². The highest BCUT2D eigenvalue weighted by Gasteiger charge is 2.58. The van der Waals surface area contributed by atoms with E-state index in [0.29, 0.717) is 35.8 Å². The van der Waals surface area contributed by atoms with E-state index in [1.54, 1.807) is 18.3 Å². The monoisotopic (exact) mass is 550 g/mol. The van der Waals surface area contributed by atoms with Crippen LogP contribution in [0.4, 0.5) is 4.79 Å². The molecule has 2 saturated heterocycles. The summed E-state index contributed by atoms with van der Waals surface area (Å²) in [6.07, 6.45) is 6.01. The fraction of sp³-hybridized carbons (Fsp3) is 0.400. The summed E-state index contributed by atoms with van der Waals surface area (Å²) in [7, 11) is 1.17. The summed E-state index contributed by atoms with van der Waals surface area (Å²) in [6.45, 7) is 2.42. The second-order valence-corrected chi connectivity index (χ2v) is 10.6. The van der Waals surface area contributed by atoms with E-state index in [0.717, 1.165) is 40.8 Å². The zero-order chi connectivity index (χ0) is 27.7. The van der Waals surface area contributed by atoms with Crippen LogP contribution in [0, 0.1) is 17.8 Å². The molecule has 0 unspecified atom stereocenters. The number of fused-ring (bicyclic) bond motifs is 3. The number of likely N-dealkylation sites (tertiary alicyclic amines) is 1. The molecule has 0 spiro atoms. The van der Waals surface area contributed by atoms with E-state index < -0.39 is 29.7 Å². The average Bonchev–Trinajstić information content (AvgIpc) is 3.46. The Morgan fingerprint density at radius 1 is 1.23 bits per heavy atom. The number of amides is 3. The third kappa shape index (κ3) is 5.11. The lowest BCUT2D eigenvalue weighted by atomic mass is 9.68. The Hall–Kier alpha value is -3.49. The first kappa shape index (κ1) is 27.1. The van der Waals surface area contributed by atoms with E-state index >= 15 is 0 Å². The van der Waals surface area contributed by atoms with Gasteiger partial charge in [0.25, 0.3) is 0 Å². The van der Waals surface area contributed by atoms with Crippen LogP contribution < -0.4 is 0 Å². The number of imide groups is 3. The van der Waals surface area contributed by atoms with E-state index in [9.17, 15) is 19.5 Å². The molecule has 204 valence electrons. The number of rotatable bonds is 7. The standard InChI is InChI=1S/C30H31ClN2O6/c1-3-6-19-14-21-27(29(36)33(28(21)35)30(37)38-2)22-16-39-25(26(19)22)11-9-18(24-7-4-5-12-32-24)13-17-8-10-20(34)15-23(17)31/h4-5,7-8,10,12-13,15,21-22,25,27,34H,3,6,9,11,14,16H2,1-2H3/b18-13-/t21-,22+,25-,27-/m1/s1. The molecule has 0 saturated carbocycles. The van der Waals surface area contributed by atoms with E-state index in [1.807, 2.05) is 24.3 Å². The van der Waals surface area contributed by atoms with Crippen molar-refractivity contribution in [2.75, 3.05) is 13.7 Å². The molecule has 1 aliphatic carbocycles. The molecule has 3 heterocycles. The van der Waals surface area contributed by atoms with Crippen molar-refractivity contribution >= 4 is 41.2 Å². The van der Waals surface area contributed by atoms with Gasteiger partial charge in [-0.3, -0.25) is 14.6 Å². The second kappa shape index (κ2) is 11.3. The molecule has 0 radical (unpaired) electrons. The van der Waals surface area contributed by atoms with E-state index in [1.165, 1.54) is 13.2 Å². The number of phenols is 1. The van der Waals surface area contributed by atoms with Crippen LogP contribution in [-0.2, 0) is 19.1 Å². The van der Waals surface area contributed by atoms with Gasteiger partial charge in [-0.05, 0) is 78.8 Å². The number of allylic oxidation sites excluding steroid dienone is 2. The van der Waals surface area contributed by atoms with Crippen molar-refractivity contribution in [2.24, 2.45) is 17.8 Å². The SMILES string of the molecule is CCCC1=C2[C@@H](CC/C(=C/c3ccc(O)cc3Cl)c3ccccn3)OC[C@@H]2[C@@H]2C(=O)N(C(=O)OC)C(=O)[C@@H]2C1. The number of benzene rings is 1. The number of aromatic nitrogens is 1. The maximum atomic E-state index is 13.3. The van der Waals surface area contributed by atoms with Crippen molar-refractivity contribution in [2.45, 2.75) is 45.1 Å². The maximum absolute atomic E-state index is 13.3. The Bertz CT molecular complexity index is 1350. The number of methoxy groups -OCH3 is 1. The third-order valence-corrected chi connectivity index (χ3v) is 8.23. The molecule has 8 nitrogen and oxygen atoms in total. The van der Waals surface area contributed by atoms with Gasteiger partial charge in [-0.15, -0.1) is 0 Å². The number of pyridine rings is 1. The molecule has 39 heavy (non-hydrogen) atoms. The minimum absolute atomic E-state index is 0.0960. The topological polar surface area (TPSA) is 106 Å². The van der Waals surface area contributed by atoms with E-state index in [2.05, 4.69) is 11.9 Å². The fourth-order valence-corrected chi connectivity index (χ4v) is 6.45. The molecule has 4 atom stereocenters. The van der Waals surface area contributed by atoms with Crippen LogP contribution in [0.15, 0.2) is 53.7 Å². The summed E-state index contributed by atoms with van der Waals surface area (Å²) in [5.74, 6) is -2.28. The molecule has 0 bridgehead atoms. The number of carbonyl (C=O) groups is 3. The average molecular weight is 551 g/mol. The first-order valence-electron chi connectivity index (χ1n) is 13.2. The number of nitrogens with zero attached hydrogens (tertiary/aromatic N) is 2. The first-order valence-corrected chi connectivity index (χ1v) is 13.6. The van der Waals surface area contributed by atoms with Crippen molar-refractivity contribution in [1.29, 1.82) is 0 Å². The molecule has 1 aromatic carbocycles. The van der Waals surface area contributed by atoms with Gasteiger partial charge in [-0.1, -0.05) is 36.6 Å². The molecule has 1 N–H and O–H groups in total. The Kier molecular flexibility index (Phi) is 7.86. The minimum atomic E-state index is -0.925. The minimum Gasteiger partial charge on any atom is -0.508 e. The van der Waals surface area contributed by atoms with Crippen molar-refractivity contribution < 1.29 is 29.0 Å². The van der Waals surface area contributed by atoms with Gasteiger partial charge in [0, 0.05) is 12.1 Å². The zero-order valence-corrected chi connectivity index (χ0v) is 22.7. The Labute approximate surface area is 232 Å². The second-order valence-electron chi connectivity index (χ2n) is 10.2. The lowest BCUT2D eigenvalue weighted by molar-refractivity contribution is -0.137. The van der Waals surface area contributed by atoms with Gasteiger partial charge < -0.3 is 14.6 Å². The van der Waals surface area contributed by atoms with Gasteiger partial charge in [0.05, 0.1) is 42.4 Å². The molecule has 3 aliphatic rings. The summed E-state index contributed by atoms with van der Waals surface area (Å²) >= 11 is 6.40. The molecule has 5 rings (SSSR count).